The first-order valence-electron chi connectivity index (χ1n) is 28.0. The Morgan fingerprint density at radius 3 is 1.36 bits per heavy atom. The largest absolute Gasteiger partial charge is 0.507 e. The maximum absolute atomic E-state index is 10.5. The quantitative estimate of drug-likeness (QED) is 0.0744. The minimum Gasteiger partial charge on any atom is -0.507 e. The predicted octanol–water partition coefficient (Wildman–Crippen LogP) is 3.57. The number of aromatic hydroxyl groups is 3. The van der Waals surface area contributed by atoms with Crippen molar-refractivity contribution in [3.63, 3.8) is 0 Å². The van der Waals surface area contributed by atoms with E-state index >= 15 is 0 Å². The molecule has 5 fully saturated rings. The molecule has 11 heterocycles. The number of rotatable bonds is 14. The van der Waals surface area contributed by atoms with E-state index in [1.807, 2.05) is 29.2 Å². The van der Waals surface area contributed by atoms with E-state index in [2.05, 4.69) is 96.6 Å². The Morgan fingerprint density at radius 1 is 0.524 bits per heavy atom. The highest BCUT2D eigenvalue weighted by Gasteiger charge is 2.51. The van der Waals surface area contributed by atoms with Crippen LogP contribution in [-0.2, 0) is 9.47 Å². The maximum Gasteiger partial charge on any atom is 0.245 e. The molecule has 27 heteroatoms. The zero-order valence-corrected chi connectivity index (χ0v) is 45.9. The van der Waals surface area contributed by atoms with Crippen molar-refractivity contribution in [3.05, 3.63) is 110 Å². The average Bonchev–Trinajstić information content (AvgIpc) is 4.58. The summed E-state index contributed by atoms with van der Waals surface area (Å²) >= 11 is 0. The molecule has 5 aliphatic heterocycles. The van der Waals surface area contributed by atoms with Crippen molar-refractivity contribution >= 4 is 17.8 Å². The van der Waals surface area contributed by atoms with E-state index in [0.29, 0.717) is 96.0 Å². The number of ether oxygens (including phenoxy) is 2. The van der Waals surface area contributed by atoms with Crippen molar-refractivity contribution in [2.24, 2.45) is 11.1 Å². The number of hydrogen-bond acceptors (Lipinski definition) is 24. The number of aliphatic hydroxyl groups excluding tert-OH is 1. The summed E-state index contributed by atoms with van der Waals surface area (Å²) in [6.45, 7) is 8.67. The van der Waals surface area contributed by atoms with Gasteiger partial charge in [0, 0.05) is 135 Å². The van der Waals surface area contributed by atoms with E-state index < -0.39 is 0 Å². The van der Waals surface area contributed by atoms with Gasteiger partial charge in [-0.25, -0.2) is 15.0 Å². The lowest BCUT2D eigenvalue weighted by Crippen LogP contribution is -2.54. The zero-order valence-electron chi connectivity index (χ0n) is 45.9. The molecule has 27 nitrogen and oxygen atoms in total. The van der Waals surface area contributed by atoms with Crippen molar-refractivity contribution in [1.82, 2.24) is 86.8 Å². The van der Waals surface area contributed by atoms with E-state index in [4.69, 9.17) is 20.3 Å². The number of phenols is 3. The van der Waals surface area contributed by atoms with Crippen LogP contribution in [0.4, 0.5) is 17.8 Å². The summed E-state index contributed by atoms with van der Waals surface area (Å²) in [5.41, 5.74) is 14.9. The number of phenolic OH excluding ortho intramolecular Hbond substituents is 3. The number of nitrogens with one attached hydrogen (secondary N) is 5. The molecule has 14 rings (SSSR count). The van der Waals surface area contributed by atoms with Crippen LogP contribution in [-0.4, -0.2) is 200 Å². The smallest absolute Gasteiger partial charge is 0.245 e. The van der Waals surface area contributed by atoms with Crippen LogP contribution < -0.4 is 31.1 Å². The highest BCUT2D eigenvalue weighted by atomic mass is 16.5. The summed E-state index contributed by atoms with van der Waals surface area (Å²) in [6.07, 6.45) is 19.6. The standard InChI is InChI=1S/C21H25N7O2.C18H19N7O2.C18H21N7O2/c29-20-9-14(15-10-23-24-11-15)1-2-18(20)19-12-22-21(27-26-19)28-6-3-17(13-28)25-16-4-7-30-8-5-16;19-16-7-25(8-18(16)9-27-10-18)17-20-6-14(23-24-17)13-2-1-11(3-15(13)26)12-4-21-22-5-12;26-6-4-19-14-3-5-25(11-14)18-20-10-16(23-24-18)15-2-1-12(7-17(15)27)13-8-21-22-9-13/h1-2,9-12,16-17,25,29H,3-8,13H2,(H,23,24);1-6,16,26H,7-10,19H2,(H,21,22);1-2,7-10,14,19,26-27H,3-6,11H2,(H,21,22). The van der Waals surface area contributed by atoms with Gasteiger partial charge in [0.2, 0.25) is 17.8 Å². The monoisotopic (exact) mass is 1140 g/mol. The van der Waals surface area contributed by atoms with E-state index in [9.17, 15) is 15.3 Å². The average molecular weight is 1140 g/mol. The molecule has 0 aliphatic carbocycles. The van der Waals surface area contributed by atoms with Gasteiger partial charge in [0.05, 0.1) is 62.4 Å². The summed E-state index contributed by atoms with van der Waals surface area (Å²) < 4.78 is 10.8. The van der Waals surface area contributed by atoms with Crippen molar-refractivity contribution in [1.29, 1.82) is 0 Å². The molecule has 5 aliphatic rings. The second-order valence-electron chi connectivity index (χ2n) is 21.5. The van der Waals surface area contributed by atoms with Gasteiger partial charge in [0.1, 0.15) is 34.3 Å². The predicted molar refractivity (Wildman–Crippen MR) is 310 cm³/mol. The van der Waals surface area contributed by atoms with Crippen molar-refractivity contribution in [3.8, 4) is 84.4 Å². The third-order valence-corrected chi connectivity index (χ3v) is 15.9. The van der Waals surface area contributed by atoms with Crippen LogP contribution in [0, 0.1) is 5.41 Å². The zero-order chi connectivity index (χ0) is 57.4. The fourth-order valence-electron chi connectivity index (χ4n) is 11.1. The number of aliphatic hydroxyl groups is 1. The molecule has 11 N–H and O–H groups in total. The molecule has 3 aromatic carbocycles. The third-order valence-electron chi connectivity index (χ3n) is 15.9. The number of nitrogens with two attached hydrogens (primary N) is 1. The minimum atomic E-state index is 0.0171. The summed E-state index contributed by atoms with van der Waals surface area (Å²) in [5.74, 6) is 2.12. The topological polar surface area (TPSA) is 361 Å². The van der Waals surface area contributed by atoms with Gasteiger partial charge < -0.3 is 61.0 Å². The minimum absolute atomic E-state index is 0.0171. The lowest BCUT2D eigenvalue weighted by molar-refractivity contribution is -0.106. The van der Waals surface area contributed by atoms with E-state index in [0.717, 1.165) is 105 Å². The molecule has 9 aromatic rings. The van der Waals surface area contributed by atoms with Gasteiger partial charge in [-0.15, -0.1) is 30.6 Å². The van der Waals surface area contributed by atoms with Gasteiger partial charge in [0.25, 0.3) is 0 Å². The highest BCUT2D eigenvalue weighted by molar-refractivity contribution is 5.76. The fraction of sp³-hybridized carbons (Fsp3) is 0.368. The van der Waals surface area contributed by atoms with Crippen LogP contribution in [0.5, 0.6) is 17.2 Å². The number of aromatic nitrogens is 15. The Morgan fingerprint density at radius 2 is 0.976 bits per heavy atom. The molecular formula is C57H65N21O6. The van der Waals surface area contributed by atoms with Crippen molar-refractivity contribution in [2.45, 2.75) is 49.9 Å². The van der Waals surface area contributed by atoms with Gasteiger partial charge >= 0.3 is 0 Å². The van der Waals surface area contributed by atoms with Gasteiger partial charge in [0.15, 0.2) is 0 Å². The van der Waals surface area contributed by atoms with Gasteiger partial charge in [-0.05, 0) is 78.8 Å². The maximum atomic E-state index is 10.5. The first-order chi connectivity index (χ1) is 41.1. The number of nitrogens with zero attached hydrogens (tertiary/aromatic N) is 15. The lowest BCUT2D eigenvalue weighted by Gasteiger charge is -2.40. The summed E-state index contributed by atoms with van der Waals surface area (Å²) in [4.78, 5) is 19.6. The normalized spacial score (nSPS) is 19.2. The SMILES string of the molecule is NC1CN(c2ncc(-c3ccc(-c4cn[nH]c4)cc3O)nn2)CC12COC2.OCCNC1CCN(c2ncc(-c3ccc(-c4cn[nH]c4)cc3O)nn2)C1.Oc1cc(-c2cn[nH]c2)ccc1-c1cnc(N2CCC(NC3CCOCC3)C2)nn1. The van der Waals surface area contributed by atoms with Crippen molar-refractivity contribution < 1.29 is 29.9 Å². The molecule has 0 amide bonds. The molecule has 434 valence electrons. The Kier molecular flexibility index (Phi) is 16.6. The number of hydrogen-bond donors (Lipinski definition) is 10. The number of H-pyrrole nitrogens is 3. The summed E-state index contributed by atoms with van der Waals surface area (Å²) in [6, 6.07) is 17.5. The Balaban J connectivity index is 0.000000124. The Labute approximate surface area is 482 Å². The van der Waals surface area contributed by atoms with Crippen LogP contribution in [0.2, 0.25) is 0 Å². The molecule has 84 heavy (non-hydrogen) atoms. The van der Waals surface area contributed by atoms with Gasteiger partial charge in [-0.3, -0.25) is 15.3 Å². The van der Waals surface area contributed by atoms with Crippen LogP contribution in [0.15, 0.2) is 110 Å². The van der Waals surface area contributed by atoms with Gasteiger partial charge in [-0.1, -0.05) is 18.2 Å². The Bertz CT molecular complexity index is 3550. The molecular weight excluding hydrogens is 1070 g/mol. The molecule has 0 saturated carbocycles. The highest BCUT2D eigenvalue weighted by Crippen LogP contribution is 2.39. The number of benzene rings is 3. The van der Waals surface area contributed by atoms with Gasteiger partial charge in [-0.2, -0.15) is 15.3 Å². The van der Waals surface area contributed by atoms with Crippen LogP contribution in [0.3, 0.4) is 0 Å². The second kappa shape index (κ2) is 25.2. The van der Waals surface area contributed by atoms with Crippen LogP contribution in [0.25, 0.3) is 67.2 Å². The van der Waals surface area contributed by atoms with E-state index in [1.165, 1.54) is 0 Å². The van der Waals surface area contributed by atoms with E-state index in [-0.39, 0.29) is 35.3 Å². The first-order valence-corrected chi connectivity index (χ1v) is 28.0. The summed E-state index contributed by atoms with van der Waals surface area (Å²) in [7, 11) is 0. The molecule has 1 spiro atoms. The third kappa shape index (κ3) is 12.5. The lowest BCUT2D eigenvalue weighted by atomic mass is 9.82. The van der Waals surface area contributed by atoms with Crippen LogP contribution >= 0.6 is 0 Å². The van der Waals surface area contributed by atoms with Crippen LogP contribution in [0.1, 0.15) is 25.7 Å². The fourth-order valence-corrected chi connectivity index (χ4v) is 11.1. The number of aromatic amines is 3. The molecule has 3 atom stereocenters. The molecule has 0 bridgehead atoms. The number of anilines is 3. The molecule has 3 unspecified atom stereocenters. The van der Waals surface area contributed by atoms with Crippen molar-refractivity contribution in [2.75, 3.05) is 93.5 Å². The Hall–Kier alpha value is -9.12. The summed E-state index contributed by atoms with van der Waals surface area (Å²) in [5, 5.41) is 92.9. The molecule has 0 radical (unpaired) electrons. The molecule has 5 saturated heterocycles. The molecule has 6 aromatic heterocycles. The van der Waals surface area contributed by atoms with E-state index in [1.54, 1.807) is 86.1 Å². The second-order valence-corrected chi connectivity index (χ2v) is 21.5. The first kappa shape index (κ1) is 55.4.